The van der Waals surface area contributed by atoms with Crippen LogP contribution in [-0.4, -0.2) is 118 Å². The lowest BCUT2D eigenvalue weighted by Gasteiger charge is -2.40. The fraction of sp³-hybridized carbons (Fsp3) is 0.391. The molecule has 3 aliphatic heterocycles. The molecule has 21 heteroatoms. The summed E-state index contributed by atoms with van der Waals surface area (Å²) >= 11 is 7.70. The molecule has 6 heterocycles. The maximum Gasteiger partial charge on any atom is 0.255 e. The Balaban J connectivity index is 0.761. The van der Waals surface area contributed by atoms with Crippen molar-refractivity contribution in [1.29, 1.82) is 0 Å². The van der Waals surface area contributed by atoms with Crippen LogP contribution in [0.1, 0.15) is 80.8 Å². The van der Waals surface area contributed by atoms with Gasteiger partial charge in [0.05, 0.1) is 43.0 Å². The van der Waals surface area contributed by atoms with Crippen molar-refractivity contribution in [1.82, 2.24) is 40.5 Å². The normalized spacial score (nSPS) is 16.9. The molecule has 19 nitrogen and oxygen atoms in total. The van der Waals surface area contributed by atoms with Crippen LogP contribution in [-0.2, 0) is 56.4 Å². The summed E-state index contributed by atoms with van der Waals surface area (Å²) in [6.45, 7) is 4.25. The van der Waals surface area contributed by atoms with E-state index in [2.05, 4.69) is 31.2 Å². The van der Waals surface area contributed by atoms with Gasteiger partial charge in [-0.2, -0.15) is 0 Å². The first-order valence-corrected chi connectivity index (χ1v) is 23.2. The van der Waals surface area contributed by atoms with Crippen LogP contribution in [0.3, 0.4) is 0 Å². The van der Waals surface area contributed by atoms with Gasteiger partial charge < -0.3 is 34.8 Å². The van der Waals surface area contributed by atoms with Gasteiger partial charge in [-0.25, -0.2) is 9.97 Å². The Morgan fingerprint density at radius 2 is 1.93 bits per heavy atom. The Hall–Kier alpha value is -6.61. The Morgan fingerprint density at radius 1 is 1.07 bits per heavy atom. The zero-order chi connectivity index (χ0) is 47.2. The third kappa shape index (κ3) is 10.7. The number of aryl methyl sites for hydroxylation is 1. The molecule has 3 aromatic heterocycles. The van der Waals surface area contributed by atoms with Crippen LogP contribution in [0.5, 0.6) is 5.75 Å². The van der Waals surface area contributed by atoms with E-state index in [1.165, 1.54) is 16.2 Å². The van der Waals surface area contributed by atoms with E-state index in [0.717, 1.165) is 10.4 Å². The maximum absolute atomic E-state index is 13.3. The van der Waals surface area contributed by atoms with Crippen molar-refractivity contribution in [2.75, 3.05) is 55.6 Å². The van der Waals surface area contributed by atoms with Crippen LogP contribution in [0.2, 0.25) is 4.34 Å². The molecule has 3 N–H and O–H groups in total. The van der Waals surface area contributed by atoms with Gasteiger partial charge in [-0.15, -0.1) is 16.4 Å². The van der Waals surface area contributed by atoms with Crippen molar-refractivity contribution >= 4 is 75.4 Å². The number of carbonyl (C=O) groups is 6. The van der Waals surface area contributed by atoms with Crippen LogP contribution < -0.4 is 30.5 Å². The monoisotopic (exact) mass is 951 g/mol. The van der Waals surface area contributed by atoms with E-state index in [1.54, 1.807) is 60.3 Å². The fourth-order valence-corrected chi connectivity index (χ4v) is 9.53. The third-order valence-corrected chi connectivity index (χ3v) is 13.2. The minimum absolute atomic E-state index is 0.0184. The molecule has 3 aliphatic rings. The van der Waals surface area contributed by atoms with Crippen molar-refractivity contribution in [3.63, 3.8) is 0 Å². The van der Waals surface area contributed by atoms with Gasteiger partial charge in [0.25, 0.3) is 5.91 Å². The molecule has 67 heavy (non-hydrogen) atoms. The number of imide groups is 1. The van der Waals surface area contributed by atoms with E-state index in [1.807, 2.05) is 36.2 Å². The summed E-state index contributed by atoms with van der Waals surface area (Å²) in [5.74, 6) is 0.117. The topological polar surface area (TPSA) is 223 Å². The summed E-state index contributed by atoms with van der Waals surface area (Å²) in [6.07, 6.45) is 5.47. The lowest BCUT2D eigenvalue weighted by atomic mass is 10.0. The molecule has 8 rings (SSSR count). The van der Waals surface area contributed by atoms with Crippen molar-refractivity contribution in [3.05, 3.63) is 104 Å². The minimum atomic E-state index is -0.748. The molecule has 0 bridgehead atoms. The van der Waals surface area contributed by atoms with E-state index >= 15 is 0 Å². The highest BCUT2D eigenvalue weighted by Crippen LogP contribution is 2.37. The van der Waals surface area contributed by atoms with E-state index in [9.17, 15) is 28.8 Å². The van der Waals surface area contributed by atoms with Gasteiger partial charge in [0.2, 0.25) is 23.6 Å². The van der Waals surface area contributed by atoms with Crippen molar-refractivity contribution in [2.24, 2.45) is 0 Å². The average molecular weight is 952 g/mol. The average Bonchev–Trinajstić information content (AvgIpc) is 4.05. The summed E-state index contributed by atoms with van der Waals surface area (Å²) in [7, 11) is 3.30. The standard InChI is InChI=1S/C46H50ClN11O8S/c1-4-34-46(64)55(2)36-22-49-40(51-43(36)57(34)24-30-11-14-39(47)67-30)21-28-9-8-27(20-38(28)65-3)37(59)13-10-29-23-56(54-53-29)18-16-48-17-19-66-26-42(61)50-33-7-5-6-31-32(33)25-58(45(31)63)35-12-15-41(60)52-44(35)62/h5-9,11,14,20,22-23,34-35,48H,4,10,12-13,15-19,21,24-26H2,1-3H3,(H,50,61)(H,52,60,62)/t34-,35?/m1/s1. The number of thiophene rings is 1. The number of benzene rings is 2. The second kappa shape index (κ2) is 20.9. The van der Waals surface area contributed by atoms with Crippen molar-refractivity contribution in [3.8, 4) is 5.75 Å². The first kappa shape index (κ1) is 46.9. The molecule has 350 valence electrons. The van der Waals surface area contributed by atoms with Gasteiger partial charge >= 0.3 is 0 Å². The number of nitrogens with one attached hydrogen (secondary N) is 3. The van der Waals surface area contributed by atoms with Gasteiger partial charge in [-0.1, -0.05) is 41.9 Å². The number of likely N-dealkylation sites (N-methyl/N-ethyl adjacent to an activating group) is 1. The van der Waals surface area contributed by atoms with Crippen molar-refractivity contribution in [2.45, 2.75) is 77.2 Å². The highest BCUT2D eigenvalue weighted by Gasteiger charge is 2.40. The molecule has 2 aromatic carbocycles. The predicted molar refractivity (Wildman–Crippen MR) is 248 cm³/mol. The van der Waals surface area contributed by atoms with E-state index in [4.69, 9.17) is 26.1 Å². The number of fused-ring (bicyclic) bond motifs is 2. The summed E-state index contributed by atoms with van der Waals surface area (Å²) in [4.78, 5) is 92.1. The molecule has 5 aromatic rings. The summed E-state index contributed by atoms with van der Waals surface area (Å²) in [6, 6.07) is 13.1. The number of methoxy groups -OCH3 is 1. The zero-order valence-electron chi connectivity index (χ0n) is 37.3. The number of ether oxygens (including phenoxy) is 2. The number of aromatic nitrogens is 5. The van der Waals surface area contributed by atoms with Gasteiger partial charge in [-0.3, -0.25) is 38.8 Å². The van der Waals surface area contributed by atoms with Crippen LogP contribution in [0, 0.1) is 0 Å². The molecular formula is C46H50ClN11O8S. The number of hydrogen-bond acceptors (Lipinski definition) is 15. The number of ketones is 1. The second-order valence-corrected chi connectivity index (χ2v) is 18.1. The maximum atomic E-state index is 13.3. The van der Waals surface area contributed by atoms with E-state index < -0.39 is 11.9 Å². The summed E-state index contributed by atoms with van der Waals surface area (Å²) in [5, 5.41) is 16.8. The number of nitrogens with zero attached hydrogens (tertiary/aromatic N) is 8. The Labute approximate surface area is 395 Å². The molecule has 1 unspecified atom stereocenters. The summed E-state index contributed by atoms with van der Waals surface area (Å²) in [5.41, 5.74) is 4.12. The number of piperidine rings is 1. The molecule has 2 atom stereocenters. The summed E-state index contributed by atoms with van der Waals surface area (Å²) < 4.78 is 13.7. The Kier molecular flexibility index (Phi) is 14.6. The number of amides is 5. The Bertz CT molecular complexity index is 2710. The molecule has 1 saturated heterocycles. The molecule has 0 aliphatic carbocycles. The first-order valence-electron chi connectivity index (χ1n) is 22.0. The van der Waals surface area contributed by atoms with Gasteiger partial charge in [0, 0.05) is 91.4 Å². The SMILES string of the molecule is CC[C@@H]1C(=O)N(C)c2cnc(Cc3ccc(C(=O)CCc4cn(CCNCCOCC(=O)Nc5cccc6c5CN(C5CCC(=O)NC5=O)C6=O)nn4)cc3OC)nc2N1Cc1ccc(Cl)s1. The van der Waals surface area contributed by atoms with Crippen LogP contribution in [0.4, 0.5) is 17.2 Å². The predicted octanol–water partition coefficient (Wildman–Crippen LogP) is 3.97. The third-order valence-electron chi connectivity index (χ3n) is 11.9. The fourth-order valence-electron chi connectivity index (χ4n) is 8.44. The number of hydrogen-bond donors (Lipinski definition) is 3. The Morgan fingerprint density at radius 3 is 2.70 bits per heavy atom. The largest absolute Gasteiger partial charge is 0.496 e. The number of carbonyl (C=O) groups excluding carboxylic acids is 6. The lowest BCUT2D eigenvalue weighted by Crippen LogP contribution is -2.52. The van der Waals surface area contributed by atoms with Gasteiger partial charge in [0.15, 0.2) is 11.6 Å². The number of rotatable bonds is 20. The van der Waals surface area contributed by atoms with E-state index in [-0.39, 0.29) is 74.5 Å². The number of Topliss-reactive ketones (excluding diaryl/α,β-unsaturated/α-hetero) is 1. The lowest BCUT2D eigenvalue weighted by molar-refractivity contribution is -0.137. The van der Waals surface area contributed by atoms with Gasteiger partial charge in [0.1, 0.15) is 36.0 Å². The van der Waals surface area contributed by atoms with E-state index in [0.29, 0.717) is 101 Å². The van der Waals surface area contributed by atoms with Crippen LogP contribution in [0.15, 0.2) is 60.9 Å². The second-order valence-electron chi connectivity index (χ2n) is 16.3. The number of halogens is 1. The molecule has 0 spiro atoms. The van der Waals surface area contributed by atoms with Crippen molar-refractivity contribution < 1.29 is 38.2 Å². The van der Waals surface area contributed by atoms with Gasteiger partial charge in [-0.05, 0) is 43.2 Å². The minimum Gasteiger partial charge on any atom is -0.496 e. The highest BCUT2D eigenvalue weighted by atomic mass is 35.5. The highest BCUT2D eigenvalue weighted by molar-refractivity contribution is 7.16. The molecular weight excluding hydrogens is 902 g/mol. The smallest absolute Gasteiger partial charge is 0.255 e. The van der Waals surface area contributed by atoms with Crippen LogP contribution >= 0.6 is 22.9 Å². The molecule has 5 amide bonds. The molecule has 0 radical (unpaired) electrons. The quantitative estimate of drug-likeness (QED) is 0.0571. The number of anilines is 3. The zero-order valence-corrected chi connectivity index (χ0v) is 38.8. The van der Waals surface area contributed by atoms with Crippen LogP contribution in [0.25, 0.3) is 0 Å². The molecule has 1 fully saturated rings. The molecule has 0 saturated carbocycles. The first-order chi connectivity index (χ1) is 32.4.